The summed E-state index contributed by atoms with van der Waals surface area (Å²) >= 11 is 9.45. The highest BCUT2D eigenvalue weighted by Gasteiger charge is 2.01. The van der Waals surface area contributed by atoms with Crippen LogP contribution >= 0.6 is 27.5 Å². The van der Waals surface area contributed by atoms with Gasteiger partial charge in [-0.2, -0.15) is 0 Å². The summed E-state index contributed by atoms with van der Waals surface area (Å²) in [6.45, 7) is 0. The van der Waals surface area contributed by atoms with E-state index >= 15 is 0 Å². The normalized spacial score (nSPS) is 10.1. The van der Waals surface area contributed by atoms with Crippen LogP contribution < -0.4 is 0 Å². The zero-order chi connectivity index (χ0) is 9.97. The molecule has 0 fully saturated rings. The zero-order valence-corrected chi connectivity index (χ0v) is 9.72. The van der Waals surface area contributed by atoms with Gasteiger partial charge < -0.3 is 0 Å². The average molecular weight is 268 g/mol. The van der Waals surface area contributed by atoms with E-state index in [1.54, 1.807) is 0 Å². The minimum atomic E-state index is 0.762. The molecule has 0 aliphatic heterocycles. The molecule has 0 radical (unpaired) electrons. The third-order valence-electron chi connectivity index (χ3n) is 2.01. The Hall–Kier alpha value is -0.790. The second kappa shape index (κ2) is 4.16. The monoisotopic (exact) mass is 266 g/mol. The summed E-state index contributed by atoms with van der Waals surface area (Å²) in [4.78, 5) is 0. The van der Waals surface area contributed by atoms with E-state index in [-0.39, 0.29) is 0 Å². The predicted molar refractivity (Wildman–Crippen MR) is 64.6 cm³/mol. The van der Waals surface area contributed by atoms with Crippen molar-refractivity contribution < 1.29 is 0 Å². The Kier molecular flexibility index (Phi) is 2.90. The lowest BCUT2D eigenvalue weighted by atomic mass is 10.1. The van der Waals surface area contributed by atoms with E-state index in [1.165, 1.54) is 0 Å². The minimum absolute atomic E-state index is 0.762. The zero-order valence-electron chi connectivity index (χ0n) is 7.37. The third-order valence-corrected chi connectivity index (χ3v) is 2.94. The first kappa shape index (κ1) is 9.75. The van der Waals surface area contributed by atoms with Crippen molar-refractivity contribution in [1.82, 2.24) is 0 Å². The lowest BCUT2D eigenvalue weighted by Crippen LogP contribution is -1.78. The smallest absolute Gasteiger partial charge is 0.0412 e. The number of halogens is 2. The van der Waals surface area contributed by atoms with E-state index < -0.39 is 0 Å². The molecule has 2 aromatic carbocycles. The van der Waals surface area contributed by atoms with E-state index in [1.807, 2.05) is 42.5 Å². The SMILES string of the molecule is Clc1cccc(-c2ccccc2Br)c1. The van der Waals surface area contributed by atoms with Gasteiger partial charge >= 0.3 is 0 Å². The van der Waals surface area contributed by atoms with Gasteiger partial charge in [-0.05, 0) is 29.3 Å². The number of hydrogen-bond donors (Lipinski definition) is 0. The van der Waals surface area contributed by atoms with Crippen LogP contribution in [0.3, 0.4) is 0 Å². The highest BCUT2D eigenvalue weighted by atomic mass is 79.9. The summed E-state index contributed by atoms with van der Waals surface area (Å²) in [7, 11) is 0. The van der Waals surface area contributed by atoms with Crippen molar-refractivity contribution in [3.63, 3.8) is 0 Å². The maximum absolute atomic E-state index is 5.93. The van der Waals surface area contributed by atoms with Crippen LogP contribution in [0.15, 0.2) is 53.0 Å². The maximum Gasteiger partial charge on any atom is 0.0412 e. The second-order valence-electron chi connectivity index (χ2n) is 2.99. The van der Waals surface area contributed by atoms with E-state index in [2.05, 4.69) is 22.0 Å². The molecule has 0 unspecified atom stereocenters. The molecule has 2 aromatic rings. The molecule has 2 rings (SSSR count). The van der Waals surface area contributed by atoms with Gasteiger partial charge in [-0.1, -0.05) is 57.9 Å². The van der Waals surface area contributed by atoms with Crippen LogP contribution in [0, 0.1) is 0 Å². The fraction of sp³-hybridized carbons (Fsp3) is 0. The third kappa shape index (κ3) is 1.99. The van der Waals surface area contributed by atoms with E-state index in [9.17, 15) is 0 Å². The summed E-state index contributed by atoms with van der Waals surface area (Å²) in [5.41, 5.74) is 2.29. The molecule has 0 aromatic heterocycles. The Morgan fingerprint density at radius 3 is 2.43 bits per heavy atom. The quantitative estimate of drug-likeness (QED) is 0.698. The van der Waals surface area contributed by atoms with Gasteiger partial charge in [0.15, 0.2) is 0 Å². The van der Waals surface area contributed by atoms with Crippen molar-refractivity contribution in [2.24, 2.45) is 0 Å². The van der Waals surface area contributed by atoms with Crippen LogP contribution in [-0.4, -0.2) is 0 Å². The van der Waals surface area contributed by atoms with E-state index in [0.29, 0.717) is 0 Å². The Labute approximate surface area is 96.7 Å². The first-order valence-corrected chi connectivity index (χ1v) is 5.45. The van der Waals surface area contributed by atoms with Gasteiger partial charge in [0.1, 0.15) is 0 Å². The largest absolute Gasteiger partial charge is 0.0843 e. The lowest BCUT2D eigenvalue weighted by molar-refractivity contribution is 1.58. The van der Waals surface area contributed by atoms with Crippen molar-refractivity contribution in [3.8, 4) is 11.1 Å². The van der Waals surface area contributed by atoms with E-state index in [4.69, 9.17) is 11.6 Å². The van der Waals surface area contributed by atoms with Crippen LogP contribution in [0.25, 0.3) is 11.1 Å². The Morgan fingerprint density at radius 2 is 1.71 bits per heavy atom. The molecule has 0 amide bonds. The molecular weight excluding hydrogens is 259 g/mol. The molecule has 0 N–H and O–H groups in total. The molecular formula is C12H8BrCl. The molecule has 0 spiro atoms. The lowest BCUT2D eigenvalue weighted by Gasteiger charge is -2.04. The predicted octanol–water partition coefficient (Wildman–Crippen LogP) is 4.77. The first-order valence-electron chi connectivity index (χ1n) is 4.28. The summed E-state index contributed by atoms with van der Waals surface area (Å²) in [6, 6.07) is 15.9. The molecule has 0 saturated heterocycles. The molecule has 70 valence electrons. The summed E-state index contributed by atoms with van der Waals surface area (Å²) in [5, 5.41) is 0.762. The van der Waals surface area contributed by atoms with Gasteiger partial charge in [0.25, 0.3) is 0 Å². The molecule has 0 aliphatic carbocycles. The van der Waals surface area contributed by atoms with Gasteiger partial charge in [0, 0.05) is 9.50 Å². The van der Waals surface area contributed by atoms with Crippen LogP contribution in [-0.2, 0) is 0 Å². The van der Waals surface area contributed by atoms with Gasteiger partial charge in [-0.25, -0.2) is 0 Å². The second-order valence-corrected chi connectivity index (χ2v) is 4.28. The topological polar surface area (TPSA) is 0 Å². The van der Waals surface area contributed by atoms with Gasteiger partial charge in [-0.15, -0.1) is 0 Å². The molecule has 0 heterocycles. The number of benzene rings is 2. The van der Waals surface area contributed by atoms with Crippen molar-refractivity contribution >= 4 is 27.5 Å². The highest BCUT2D eigenvalue weighted by molar-refractivity contribution is 9.10. The Morgan fingerprint density at radius 1 is 0.929 bits per heavy atom. The van der Waals surface area contributed by atoms with Crippen LogP contribution in [0.5, 0.6) is 0 Å². The Bertz CT molecular complexity index is 452. The molecule has 0 bridgehead atoms. The fourth-order valence-corrected chi connectivity index (χ4v) is 2.06. The highest BCUT2D eigenvalue weighted by Crippen LogP contribution is 2.29. The van der Waals surface area contributed by atoms with Crippen LogP contribution in [0.1, 0.15) is 0 Å². The summed E-state index contributed by atoms with van der Waals surface area (Å²) in [5.74, 6) is 0. The summed E-state index contributed by atoms with van der Waals surface area (Å²) < 4.78 is 1.09. The van der Waals surface area contributed by atoms with Crippen LogP contribution in [0.2, 0.25) is 5.02 Å². The molecule has 0 nitrogen and oxygen atoms in total. The minimum Gasteiger partial charge on any atom is -0.0843 e. The van der Waals surface area contributed by atoms with Crippen molar-refractivity contribution in [1.29, 1.82) is 0 Å². The fourth-order valence-electron chi connectivity index (χ4n) is 1.35. The first-order chi connectivity index (χ1) is 6.77. The van der Waals surface area contributed by atoms with Gasteiger partial charge in [0.05, 0.1) is 0 Å². The Balaban J connectivity index is 2.55. The van der Waals surface area contributed by atoms with Crippen LogP contribution in [0.4, 0.5) is 0 Å². The van der Waals surface area contributed by atoms with Crippen molar-refractivity contribution in [2.75, 3.05) is 0 Å². The number of rotatable bonds is 1. The maximum atomic E-state index is 5.93. The number of hydrogen-bond acceptors (Lipinski definition) is 0. The van der Waals surface area contributed by atoms with Gasteiger partial charge in [0.2, 0.25) is 0 Å². The molecule has 0 aliphatic rings. The van der Waals surface area contributed by atoms with Crippen molar-refractivity contribution in [3.05, 3.63) is 58.0 Å². The van der Waals surface area contributed by atoms with Gasteiger partial charge in [-0.3, -0.25) is 0 Å². The van der Waals surface area contributed by atoms with E-state index in [0.717, 1.165) is 20.6 Å². The van der Waals surface area contributed by atoms with Crippen molar-refractivity contribution in [2.45, 2.75) is 0 Å². The molecule has 0 saturated carbocycles. The average Bonchev–Trinajstić information content (AvgIpc) is 2.18. The molecule has 14 heavy (non-hydrogen) atoms. The summed E-state index contributed by atoms with van der Waals surface area (Å²) in [6.07, 6.45) is 0. The molecule has 2 heteroatoms. The standard InChI is InChI=1S/C12H8BrCl/c13-12-7-2-1-6-11(12)9-4-3-5-10(14)8-9/h1-8H. The molecule has 0 atom stereocenters.